The second-order valence-electron chi connectivity index (χ2n) is 5.44. The molecule has 1 aliphatic rings. The van der Waals surface area contributed by atoms with Gasteiger partial charge in [0.05, 0.1) is 17.9 Å². The molecule has 1 fully saturated rings. The Morgan fingerprint density at radius 2 is 2.18 bits per heavy atom. The SMILES string of the molecule is CCOc1ncccc1-c1cccc(OC2CCN(C)C2)n1. The second kappa shape index (κ2) is 6.75. The zero-order valence-electron chi connectivity index (χ0n) is 13.0. The molecular weight excluding hydrogens is 278 g/mol. The van der Waals surface area contributed by atoms with Crippen LogP contribution in [0.15, 0.2) is 36.5 Å². The number of ether oxygens (including phenoxy) is 2. The maximum absolute atomic E-state index is 5.99. The molecule has 0 amide bonds. The first kappa shape index (κ1) is 14.8. The Hall–Kier alpha value is -2.14. The fraction of sp³-hybridized carbons (Fsp3) is 0.412. The Balaban J connectivity index is 1.82. The Kier molecular flexibility index (Phi) is 4.53. The molecule has 0 N–H and O–H groups in total. The minimum atomic E-state index is 0.216. The van der Waals surface area contributed by atoms with Gasteiger partial charge < -0.3 is 14.4 Å². The number of hydrogen-bond acceptors (Lipinski definition) is 5. The van der Waals surface area contributed by atoms with E-state index in [1.807, 2.05) is 37.3 Å². The molecule has 5 nitrogen and oxygen atoms in total. The largest absolute Gasteiger partial charge is 0.477 e. The molecule has 3 rings (SSSR count). The van der Waals surface area contributed by atoms with Gasteiger partial charge in [0, 0.05) is 25.4 Å². The van der Waals surface area contributed by atoms with Gasteiger partial charge >= 0.3 is 0 Å². The first-order valence-corrected chi connectivity index (χ1v) is 7.66. The number of rotatable bonds is 5. The molecule has 1 aliphatic heterocycles. The molecule has 2 aromatic heterocycles. The summed E-state index contributed by atoms with van der Waals surface area (Å²) in [6, 6.07) is 9.66. The van der Waals surface area contributed by atoms with Crippen LogP contribution < -0.4 is 9.47 Å². The predicted octanol–water partition coefficient (Wildman–Crippen LogP) is 2.63. The quantitative estimate of drug-likeness (QED) is 0.849. The van der Waals surface area contributed by atoms with E-state index < -0.39 is 0 Å². The van der Waals surface area contributed by atoms with Gasteiger partial charge in [-0.2, -0.15) is 0 Å². The highest BCUT2D eigenvalue weighted by molar-refractivity contribution is 5.65. The summed E-state index contributed by atoms with van der Waals surface area (Å²) in [4.78, 5) is 11.2. The van der Waals surface area contributed by atoms with Gasteiger partial charge in [-0.1, -0.05) is 6.07 Å². The third kappa shape index (κ3) is 3.36. The lowest BCUT2D eigenvalue weighted by molar-refractivity contribution is 0.200. The molecule has 1 atom stereocenters. The third-order valence-electron chi connectivity index (χ3n) is 3.69. The molecule has 1 saturated heterocycles. The monoisotopic (exact) mass is 299 g/mol. The van der Waals surface area contributed by atoms with Gasteiger partial charge in [-0.3, -0.25) is 0 Å². The van der Waals surface area contributed by atoms with Crippen molar-refractivity contribution in [2.75, 3.05) is 26.7 Å². The smallest absolute Gasteiger partial charge is 0.222 e. The standard InChI is InChI=1S/C17H21N3O2/c1-3-21-17-14(6-5-10-18-17)15-7-4-8-16(19-15)22-13-9-11-20(2)12-13/h4-8,10,13H,3,9,11-12H2,1-2H3. The summed E-state index contributed by atoms with van der Waals surface area (Å²) >= 11 is 0. The maximum Gasteiger partial charge on any atom is 0.222 e. The minimum absolute atomic E-state index is 0.216. The number of pyridine rings is 2. The van der Waals surface area contributed by atoms with Gasteiger partial charge in [0.25, 0.3) is 0 Å². The summed E-state index contributed by atoms with van der Waals surface area (Å²) < 4.78 is 11.6. The Bertz CT molecular complexity index is 633. The van der Waals surface area contributed by atoms with Gasteiger partial charge in [0.1, 0.15) is 6.10 Å². The van der Waals surface area contributed by atoms with Crippen LogP contribution in [0, 0.1) is 0 Å². The molecule has 2 aromatic rings. The minimum Gasteiger partial charge on any atom is -0.477 e. The summed E-state index contributed by atoms with van der Waals surface area (Å²) in [5.74, 6) is 1.26. The Morgan fingerprint density at radius 1 is 1.27 bits per heavy atom. The zero-order chi connectivity index (χ0) is 15.4. The first-order valence-electron chi connectivity index (χ1n) is 7.66. The first-order chi connectivity index (χ1) is 10.8. The summed E-state index contributed by atoms with van der Waals surface area (Å²) in [5.41, 5.74) is 1.71. The van der Waals surface area contributed by atoms with E-state index in [2.05, 4.69) is 21.9 Å². The van der Waals surface area contributed by atoms with Crippen molar-refractivity contribution >= 4 is 0 Å². The second-order valence-corrected chi connectivity index (χ2v) is 5.44. The molecule has 0 aromatic carbocycles. The molecule has 1 unspecified atom stereocenters. The van der Waals surface area contributed by atoms with Crippen LogP contribution in [0.1, 0.15) is 13.3 Å². The average molecular weight is 299 g/mol. The van der Waals surface area contributed by atoms with Crippen LogP contribution in [0.2, 0.25) is 0 Å². The molecule has 0 saturated carbocycles. The van der Waals surface area contributed by atoms with Gasteiger partial charge in [0.2, 0.25) is 11.8 Å². The number of hydrogen-bond donors (Lipinski definition) is 0. The van der Waals surface area contributed by atoms with Crippen molar-refractivity contribution in [3.05, 3.63) is 36.5 Å². The Morgan fingerprint density at radius 3 is 2.95 bits per heavy atom. The van der Waals surface area contributed by atoms with E-state index in [9.17, 15) is 0 Å². The van der Waals surface area contributed by atoms with Crippen LogP contribution in [0.3, 0.4) is 0 Å². The predicted molar refractivity (Wildman–Crippen MR) is 85.2 cm³/mol. The van der Waals surface area contributed by atoms with Crippen molar-refractivity contribution in [2.45, 2.75) is 19.4 Å². The van der Waals surface area contributed by atoms with Crippen LogP contribution in [-0.4, -0.2) is 47.7 Å². The van der Waals surface area contributed by atoms with Crippen LogP contribution >= 0.6 is 0 Å². The van der Waals surface area contributed by atoms with E-state index in [0.29, 0.717) is 18.4 Å². The van der Waals surface area contributed by atoms with Crippen LogP contribution in [0.25, 0.3) is 11.3 Å². The normalized spacial score (nSPS) is 18.4. The lowest BCUT2D eigenvalue weighted by Crippen LogP contribution is -2.21. The van der Waals surface area contributed by atoms with E-state index in [4.69, 9.17) is 9.47 Å². The van der Waals surface area contributed by atoms with E-state index in [1.54, 1.807) is 6.20 Å². The van der Waals surface area contributed by atoms with E-state index in [-0.39, 0.29) is 6.10 Å². The van der Waals surface area contributed by atoms with Crippen molar-refractivity contribution in [3.8, 4) is 23.0 Å². The fourth-order valence-corrected chi connectivity index (χ4v) is 2.63. The van der Waals surface area contributed by atoms with Gasteiger partial charge in [-0.15, -0.1) is 0 Å². The molecule has 0 aliphatic carbocycles. The van der Waals surface area contributed by atoms with Crippen molar-refractivity contribution in [1.82, 2.24) is 14.9 Å². The topological polar surface area (TPSA) is 47.5 Å². The van der Waals surface area contributed by atoms with Crippen LogP contribution in [-0.2, 0) is 0 Å². The van der Waals surface area contributed by atoms with E-state index in [1.165, 1.54) is 0 Å². The van der Waals surface area contributed by atoms with E-state index in [0.717, 1.165) is 30.8 Å². The lowest BCUT2D eigenvalue weighted by atomic mass is 10.2. The number of aromatic nitrogens is 2. The van der Waals surface area contributed by atoms with Crippen molar-refractivity contribution in [1.29, 1.82) is 0 Å². The molecule has 22 heavy (non-hydrogen) atoms. The highest BCUT2D eigenvalue weighted by Crippen LogP contribution is 2.28. The summed E-state index contributed by atoms with van der Waals surface area (Å²) in [6.07, 6.45) is 2.98. The van der Waals surface area contributed by atoms with Crippen LogP contribution in [0.5, 0.6) is 11.8 Å². The average Bonchev–Trinajstić information content (AvgIpc) is 2.93. The molecule has 0 radical (unpaired) electrons. The number of nitrogens with zero attached hydrogens (tertiary/aromatic N) is 3. The number of likely N-dealkylation sites (N-methyl/N-ethyl adjacent to an activating group) is 1. The van der Waals surface area contributed by atoms with Gasteiger partial charge in [-0.05, 0) is 38.6 Å². The Labute approximate surface area is 130 Å². The van der Waals surface area contributed by atoms with Crippen molar-refractivity contribution < 1.29 is 9.47 Å². The van der Waals surface area contributed by atoms with Gasteiger partial charge in [-0.25, -0.2) is 9.97 Å². The molecular formula is C17H21N3O2. The summed E-state index contributed by atoms with van der Waals surface area (Å²) in [5, 5.41) is 0. The molecule has 0 spiro atoms. The van der Waals surface area contributed by atoms with Crippen molar-refractivity contribution in [3.63, 3.8) is 0 Å². The molecule has 5 heteroatoms. The highest BCUT2D eigenvalue weighted by Gasteiger charge is 2.21. The molecule has 0 bridgehead atoms. The van der Waals surface area contributed by atoms with Gasteiger partial charge in [0.15, 0.2) is 0 Å². The maximum atomic E-state index is 5.99. The number of likely N-dealkylation sites (tertiary alicyclic amines) is 1. The molecule has 116 valence electrons. The van der Waals surface area contributed by atoms with E-state index >= 15 is 0 Å². The summed E-state index contributed by atoms with van der Waals surface area (Å²) in [6.45, 7) is 4.54. The van der Waals surface area contributed by atoms with Crippen LogP contribution in [0.4, 0.5) is 0 Å². The van der Waals surface area contributed by atoms with Crippen molar-refractivity contribution in [2.24, 2.45) is 0 Å². The zero-order valence-corrected chi connectivity index (χ0v) is 13.0. The third-order valence-corrected chi connectivity index (χ3v) is 3.69. The highest BCUT2D eigenvalue weighted by atomic mass is 16.5. The molecule has 3 heterocycles. The lowest BCUT2D eigenvalue weighted by Gasteiger charge is -2.14. The summed E-state index contributed by atoms with van der Waals surface area (Å²) in [7, 11) is 2.11. The fourth-order valence-electron chi connectivity index (χ4n) is 2.63.